The van der Waals surface area contributed by atoms with Crippen LogP contribution in [-0.2, 0) is 0 Å². The SMILES string of the molecule is OC(CNC1=NCCCC1)C(F)(F)F. The molecule has 1 unspecified atom stereocenters. The van der Waals surface area contributed by atoms with Gasteiger partial charge in [-0.25, -0.2) is 0 Å². The van der Waals surface area contributed by atoms with Crippen LogP contribution in [0.4, 0.5) is 13.2 Å². The quantitative estimate of drug-likeness (QED) is 0.716. The summed E-state index contributed by atoms with van der Waals surface area (Å²) in [5.74, 6) is 0.569. The molecule has 0 fully saturated rings. The van der Waals surface area contributed by atoms with Crippen molar-refractivity contribution in [3.8, 4) is 0 Å². The Balaban J connectivity index is 2.29. The van der Waals surface area contributed by atoms with E-state index in [1.54, 1.807) is 0 Å². The first-order valence-electron chi connectivity index (χ1n) is 4.52. The van der Waals surface area contributed by atoms with Crippen LogP contribution in [0.15, 0.2) is 4.99 Å². The van der Waals surface area contributed by atoms with Gasteiger partial charge in [0.05, 0.1) is 12.4 Å². The minimum atomic E-state index is -4.55. The minimum Gasteiger partial charge on any atom is -0.382 e. The van der Waals surface area contributed by atoms with E-state index in [9.17, 15) is 13.2 Å². The van der Waals surface area contributed by atoms with Gasteiger partial charge in [-0.15, -0.1) is 0 Å². The lowest BCUT2D eigenvalue weighted by Crippen LogP contribution is -2.41. The number of nitrogens with zero attached hydrogens (tertiary/aromatic N) is 1. The lowest BCUT2D eigenvalue weighted by molar-refractivity contribution is -0.201. The fraction of sp³-hybridized carbons (Fsp3) is 0.875. The molecular weight excluding hydrogens is 197 g/mol. The van der Waals surface area contributed by atoms with Gasteiger partial charge in [0.25, 0.3) is 0 Å². The summed E-state index contributed by atoms with van der Waals surface area (Å²) in [6.45, 7) is 0.146. The van der Waals surface area contributed by atoms with Crippen LogP contribution in [0.25, 0.3) is 0 Å². The molecule has 14 heavy (non-hydrogen) atoms. The molecule has 0 aromatic heterocycles. The van der Waals surface area contributed by atoms with Crippen LogP contribution in [0, 0.1) is 0 Å². The van der Waals surface area contributed by atoms with Crippen LogP contribution >= 0.6 is 0 Å². The van der Waals surface area contributed by atoms with Gasteiger partial charge in [-0.1, -0.05) is 0 Å². The van der Waals surface area contributed by atoms with Crippen molar-refractivity contribution in [3.63, 3.8) is 0 Å². The molecule has 0 aliphatic carbocycles. The van der Waals surface area contributed by atoms with Crippen LogP contribution in [0.5, 0.6) is 0 Å². The van der Waals surface area contributed by atoms with Crippen LogP contribution in [-0.4, -0.2) is 36.3 Å². The highest BCUT2D eigenvalue weighted by Gasteiger charge is 2.37. The number of hydrogen-bond donors (Lipinski definition) is 2. The van der Waals surface area contributed by atoms with E-state index in [0.717, 1.165) is 12.8 Å². The summed E-state index contributed by atoms with van der Waals surface area (Å²) in [5, 5.41) is 11.2. The van der Waals surface area contributed by atoms with Gasteiger partial charge in [0.2, 0.25) is 0 Å². The highest BCUT2D eigenvalue weighted by atomic mass is 19.4. The third kappa shape index (κ3) is 3.53. The zero-order valence-corrected chi connectivity index (χ0v) is 7.64. The molecular formula is C8H13F3N2O. The molecule has 0 bridgehead atoms. The zero-order valence-electron chi connectivity index (χ0n) is 7.64. The fourth-order valence-corrected chi connectivity index (χ4v) is 1.17. The maximum Gasteiger partial charge on any atom is 0.416 e. The number of rotatable bonds is 2. The summed E-state index contributed by atoms with van der Waals surface area (Å²) >= 11 is 0. The molecule has 0 aromatic rings. The Morgan fingerprint density at radius 2 is 2.14 bits per heavy atom. The molecule has 2 N–H and O–H groups in total. The maximum absolute atomic E-state index is 11.9. The fourth-order valence-electron chi connectivity index (χ4n) is 1.17. The third-order valence-corrected chi connectivity index (χ3v) is 2.00. The van der Waals surface area contributed by atoms with Gasteiger partial charge in [0.1, 0.15) is 0 Å². The van der Waals surface area contributed by atoms with Crippen molar-refractivity contribution in [1.82, 2.24) is 5.32 Å². The molecule has 0 amide bonds. The molecule has 0 saturated carbocycles. The Hall–Kier alpha value is -0.780. The largest absolute Gasteiger partial charge is 0.416 e. The van der Waals surface area contributed by atoms with Crippen LogP contribution < -0.4 is 5.32 Å². The molecule has 1 rings (SSSR count). The standard InChI is InChI=1S/C8H13F3N2O/c9-8(10,11)6(14)5-13-7-3-1-2-4-12-7/h6,14H,1-5H2,(H,12,13). The van der Waals surface area contributed by atoms with E-state index in [2.05, 4.69) is 10.3 Å². The summed E-state index contributed by atoms with van der Waals surface area (Å²) in [5.41, 5.74) is 0. The Morgan fingerprint density at radius 1 is 1.43 bits per heavy atom. The summed E-state index contributed by atoms with van der Waals surface area (Å²) in [6.07, 6.45) is -4.28. The predicted molar refractivity (Wildman–Crippen MR) is 46.2 cm³/mol. The van der Waals surface area contributed by atoms with E-state index in [-0.39, 0.29) is 0 Å². The van der Waals surface area contributed by atoms with Crippen molar-refractivity contribution >= 4 is 5.84 Å². The number of nitrogens with one attached hydrogen (secondary N) is 1. The van der Waals surface area contributed by atoms with Gasteiger partial charge >= 0.3 is 6.18 Å². The van der Waals surface area contributed by atoms with Gasteiger partial charge in [-0.3, -0.25) is 4.99 Å². The molecule has 0 aromatic carbocycles. The van der Waals surface area contributed by atoms with E-state index in [1.807, 2.05) is 0 Å². The Labute approximate surface area is 80.0 Å². The third-order valence-electron chi connectivity index (χ3n) is 2.00. The Kier molecular flexibility index (Phi) is 3.74. The molecule has 1 heterocycles. The zero-order chi connectivity index (χ0) is 10.6. The van der Waals surface area contributed by atoms with Crippen molar-refractivity contribution in [2.24, 2.45) is 4.99 Å². The molecule has 1 aliphatic heterocycles. The topological polar surface area (TPSA) is 44.6 Å². The smallest absolute Gasteiger partial charge is 0.382 e. The van der Waals surface area contributed by atoms with Crippen LogP contribution in [0.2, 0.25) is 0 Å². The van der Waals surface area contributed by atoms with Crippen molar-refractivity contribution in [2.45, 2.75) is 31.5 Å². The van der Waals surface area contributed by atoms with E-state index < -0.39 is 18.8 Å². The predicted octanol–water partition coefficient (Wildman–Crippen LogP) is 1.08. The highest BCUT2D eigenvalue weighted by Crippen LogP contribution is 2.19. The number of aliphatic imine (C=N–C) groups is 1. The first-order chi connectivity index (χ1) is 6.50. The Morgan fingerprint density at radius 3 is 2.64 bits per heavy atom. The first-order valence-corrected chi connectivity index (χ1v) is 4.52. The normalized spacial score (nSPS) is 20.1. The lowest BCUT2D eigenvalue weighted by atomic mass is 10.2. The summed E-state index contributed by atoms with van der Waals surface area (Å²) in [6, 6.07) is 0. The van der Waals surface area contributed by atoms with Crippen LogP contribution in [0.1, 0.15) is 19.3 Å². The number of amidine groups is 1. The number of hydrogen-bond acceptors (Lipinski definition) is 3. The van der Waals surface area contributed by atoms with Gasteiger partial charge < -0.3 is 10.4 Å². The van der Waals surface area contributed by atoms with E-state index in [4.69, 9.17) is 5.11 Å². The minimum absolute atomic E-state index is 0.512. The molecule has 0 saturated heterocycles. The molecule has 1 atom stereocenters. The maximum atomic E-state index is 11.9. The van der Waals surface area contributed by atoms with Crippen molar-refractivity contribution < 1.29 is 18.3 Å². The number of halogens is 3. The summed E-state index contributed by atoms with van der Waals surface area (Å²) in [7, 11) is 0. The molecule has 1 aliphatic rings. The highest BCUT2D eigenvalue weighted by molar-refractivity contribution is 5.82. The Bertz CT molecular complexity index is 215. The van der Waals surface area contributed by atoms with Crippen molar-refractivity contribution in [3.05, 3.63) is 0 Å². The molecule has 0 spiro atoms. The van der Waals surface area contributed by atoms with Crippen LogP contribution in [0.3, 0.4) is 0 Å². The number of aliphatic hydroxyl groups is 1. The average molecular weight is 210 g/mol. The van der Waals surface area contributed by atoms with E-state index in [1.165, 1.54) is 0 Å². The molecule has 3 nitrogen and oxygen atoms in total. The second-order valence-corrected chi connectivity index (χ2v) is 3.22. The van der Waals surface area contributed by atoms with Gasteiger partial charge in [0.15, 0.2) is 6.10 Å². The van der Waals surface area contributed by atoms with Crippen molar-refractivity contribution in [2.75, 3.05) is 13.1 Å². The van der Waals surface area contributed by atoms with Gasteiger partial charge in [0, 0.05) is 13.0 Å². The molecule has 0 radical (unpaired) electrons. The van der Waals surface area contributed by atoms with Crippen molar-refractivity contribution in [1.29, 1.82) is 0 Å². The van der Waals surface area contributed by atoms with Gasteiger partial charge in [-0.05, 0) is 12.8 Å². The summed E-state index contributed by atoms with van der Waals surface area (Å²) in [4.78, 5) is 4.01. The second kappa shape index (κ2) is 4.63. The van der Waals surface area contributed by atoms with E-state index >= 15 is 0 Å². The summed E-state index contributed by atoms with van der Waals surface area (Å²) < 4.78 is 35.6. The number of aliphatic hydroxyl groups excluding tert-OH is 1. The molecule has 6 heteroatoms. The lowest BCUT2D eigenvalue weighted by Gasteiger charge is -2.18. The molecule has 82 valence electrons. The van der Waals surface area contributed by atoms with Gasteiger partial charge in [-0.2, -0.15) is 13.2 Å². The monoisotopic (exact) mass is 210 g/mol. The average Bonchev–Trinajstić information content (AvgIpc) is 2.14. The first kappa shape index (κ1) is 11.3. The van der Waals surface area contributed by atoms with E-state index in [0.29, 0.717) is 18.8 Å². The second-order valence-electron chi connectivity index (χ2n) is 3.22. The number of alkyl halides is 3.